The monoisotopic (exact) mass is 576 g/mol. The lowest BCUT2D eigenvalue weighted by atomic mass is 10.1. The van der Waals surface area contributed by atoms with Crippen LogP contribution in [0.15, 0.2) is 0 Å². The van der Waals surface area contributed by atoms with Gasteiger partial charge in [-0.1, -0.05) is 156 Å². The largest absolute Gasteiger partial charge is 0.472 e. The van der Waals surface area contributed by atoms with Crippen molar-refractivity contribution in [1.29, 1.82) is 0 Å². The normalized spacial score (nSPS) is 13.4. The van der Waals surface area contributed by atoms with Gasteiger partial charge in [0.25, 0.3) is 0 Å². The van der Waals surface area contributed by atoms with Crippen molar-refractivity contribution in [3.8, 4) is 0 Å². The third kappa shape index (κ3) is 30.8. The summed E-state index contributed by atoms with van der Waals surface area (Å²) in [5, 5.41) is 0. The Kier molecular flexibility index (Phi) is 31.1. The first-order chi connectivity index (χ1) is 19.1. The predicted molar refractivity (Wildman–Crippen MR) is 171 cm³/mol. The fraction of sp³-hybridized carbons (Fsp3) is 1.00. The molecule has 1 N–H and O–H groups in total. The summed E-state index contributed by atoms with van der Waals surface area (Å²) < 4.78 is 22.7. The van der Waals surface area contributed by atoms with Gasteiger partial charge in [0.05, 0.1) is 13.2 Å². The second kappa shape index (κ2) is 31.0. The zero-order valence-electron chi connectivity index (χ0n) is 26.8. The molecule has 0 fully saturated rings. The van der Waals surface area contributed by atoms with Crippen LogP contribution in [-0.2, 0) is 13.6 Å². The van der Waals surface area contributed by atoms with Crippen LogP contribution in [0.2, 0.25) is 0 Å². The van der Waals surface area contributed by atoms with E-state index in [1.807, 2.05) is 0 Å². The summed E-state index contributed by atoms with van der Waals surface area (Å²) in [6, 6.07) is 0. The molecule has 0 radical (unpaired) electrons. The molecule has 0 saturated heterocycles. The Labute approximate surface area is 245 Å². The van der Waals surface area contributed by atoms with E-state index in [4.69, 9.17) is 9.05 Å². The van der Waals surface area contributed by atoms with Crippen LogP contribution in [0.3, 0.4) is 0 Å². The molecule has 0 heterocycles. The van der Waals surface area contributed by atoms with E-state index in [0.717, 1.165) is 38.9 Å². The number of phosphoric ester groups is 1. The first-order valence-electron chi connectivity index (χ1n) is 17.4. The van der Waals surface area contributed by atoms with Gasteiger partial charge in [-0.3, -0.25) is 9.05 Å². The van der Waals surface area contributed by atoms with Gasteiger partial charge in [-0.2, -0.15) is 0 Å². The van der Waals surface area contributed by atoms with E-state index in [0.29, 0.717) is 6.61 Å². The molecular weight excluding hydrogens is 505 g/mol. The molecule has 0 aliphatic carbocycles. The van der Waals surface area contributed by atoms with Gasteiger partial charge in [0.2, 0.25) is 0 Å². The van der Waals surface area contributed by atoms with Crippen LogP contribution in [0.25, 0.3) is 0 Å². The van der Waals surface area contributed by atoms with E-state index in [2.05, 4.69) is 25.7 Å². The van der Waals surface area contributed by atoms with E-state index in [-0.39, 0.29) is 6.61 Å². The summed E-state index contributed by atoms with van der Waals surface area (Å²) >= 11 is 0. The highest BCUT2D eigenvalue weighted by Crippen LogP contribution is 2.43. The minimum absolute atomic E-state index is 0.288. The summed E-state index contributed by atoms with van der Waals surface area (Å²) in [6.07, 6.45) is 31.9. The van der Waals surface area contributed by atoms with Crippen molar-refractivity contribution in [2.24, 2.45) is 0 Å². The van der Waals surface area contributed by atoms with Crippen molar-refractivity contribution >= 4 is 7.82 Å². The Morgan fingerprint density at radius 2 is 0.718 bits per heavy atom. The zero-order valence-corrected chi connectivity index (χ0v) is 27.7. The minimum Gasteiger partial charge on any atom is -0.303 e. The van der Waals surface area contributed by atoms with Crippen LogP contribution in [0.5, 0.6) is 0 Å². The molecule has 5 nitrogen and oxygen atoms in total. The van der Waals surface area contributed by atoms with Crippen molar-refractivity contribution < 1.29 is 18.5 Å². The molecule has 0 amide bonds. The van der Waals surface area contributed by atoms with E-state index < -0.39 is 7.82 Å². The van der Waals surface area contributed by atoms with Crippen LogP contribution in [0.1, 0.15) is 181 Å². The topological polar surface area (TPSA) is 59.0 Å². The number of nitrogens with zero attached hydrogens (tertiary/aromatic N) is 1. The van der Waals surface area contributed by atoms with Crippen molar-refractivity contribution in [3.63, 3.8) is 0 Å². The van der Waals surface area contributed by atoms with Crippen LogP contribution in [-0.4, -0.2) is 42.6 Å². The molecule has 0 spiro atoms. The van der Waals surface area contributed by atoms with Crippen LogP contribution in [0.4, 0.5) is 0 Å². The maximum atomic E-state index is 12.2. The van der Waals surface area contributed by atoms with Gasteiger partial charge < -0.3 is 9.79 Å². The molecule has 0 aromatic heterocycles. The molecule has 39 heavy (non-hydrogen) atoms. The molecule has 236 valence electrons. The molecule has 1 unspecified atom stereocenters. The number of hydrogen-bond acceptors (Lipinski definition) is 4. The fourth-order valence-corrected chi connectivity index (χ4v) is 5.99. The van der Waals surface area contributed by atoms with Gasteiger partial charge in [0.15, 0.2) is 0 Å². The smallest absolute Gasteiger partial charge is 0.303 e. The molecule has 6 heteroatoms. The van der Waals surface area contributed by atoms with Crippen molar-refractivity contribution in [2.75, 3.05) is 32.8 Å². The highest BCUT2D eigenvalue weighted by Gasteiger charge is 2.20. The Balaban J connectivity index is 4.12. The number of rotatable bonds is 33. The Bertz CT molecular complexity index is 498. The van der Waals surface area contributed by atoms with Crippen molar-refractivity contribution in [1.82, 2.24) is 4.90 Å². The van der Waals surface area contributed by atoms with Crippen LogP contribution in [0, 0.1) is 0 Å². The predicted octanol–water partition coefficient (Wildman–Crippen LogP) is 11.2. The summed E-state index contributed by atoms with van der Waals surface area (Å²) in [5.74, 6) is 0. The fourth-order valence-electron chi connectivity index (χ4n) is 5.20. The quantitative estimate of drug-likeness (QED) is 0.0623. The molecular formula is C33H70NO4P. The molecule has 0 bridgehead atoms. The molecule has 1 atom stereocenters. The van der Waals surface area contributed by atoms with E-state index in [1.165, 1.54) is 141 Å². The van der Waals surface area contributed by atoms with E-state index >= 15 is 0 Å². The number of phosphoric acid groups is 1. The second-order valence-corrected chi connectivity index (χ2v) is 13.2. The lowest BCUT2D eigenvalue weighted by molar-refractivity contribution is 0.139. The summed E-state index contributed by atoms with van der Waals surface area (Å²) in [7, 11) is -3.92. The molecule has 0 saturated carbocycles. The maximum absolute atomic E-state index is 12.2. The highest BCUT2D eigenvalue weighted by atomic mass is 31.2. The van der Waals surface area contributed by atoms with Gasteiger partial charge in [-0.05, 0) is 38.8 Å². The number of hydrogen-bond donors (Lipinski definition) is 1. The minimum atomic E-state index is -3.92. The lowest BCUT2D eigenvalue weighted by Crippen LogP contribution is -2.28. The molecule has 0 aliphatic heterocycles. The van der Waals surface area contributed by atoms with E-state index in [1.54, 1.807) is 0 Å². The SMILES string of the molecule is CCCCCCCCCCCN(CCCCCCCCCCC)CCCOP(=O)(O)OCCCCCCCC. The number of unbranched alkanes of at least 4 members (excludes halogenated alkanes) is 21. The third-order valence-corrected chi connectivity index (χ3v) is 8.80. The summed E-state index contributed by atoms with van der Waals surface area (Å²) in [6.45, 7) is 10.6. The zero-order chi connectivity index (χ0) is 28.7. The Morgan fingerprint density at radius 1 is 0.436 bits per heavy atom. The first kappa shape index (κ1) is 39.1. The molecule has 0 aromatic rings. The average Bonchev–Trinajstić information content (AvgIpc) is 2.92. The average molecular weight is 576 g/mol. The molecule has 0 aromatic carbocycles. The van der Waals surface area contributed by atoms with Gasteiger partial charge in [-0.25, -0.2) is 4.57 Å². The van der Waals surface area contributed by atoms with Gasteiger partial charge in [-0.15, -0.1) is 0 Å². The standard InChI is InChI=1S/C33H70NO4P/c1-4-7-10-13-16-18-20-22-25-29-34(30-26-23-21-19-17-14-11-8-5-2)31-28-33-38-39(35,36)37-32-27-24-15-12-9-6-3/h4-33H2,1-3H3,(H,35,36). The van der Waals surface area contributed by atoms with Gasteiger partial charge in [0, 0.05) is 6.54 Å². The third-order valence-electron chi connectivity index (χ3n) is 7.78. The van der Waals surface area contributed by atoms with Gasteiger partial charge >= 0.3 is 7.82 Å². The highest BCUT2D eigenvalue weighted by molar-refractivity contribution is 7.47. The van der Waals surface area contributed by atoms with E-state index in [9.17, 15) is 9.46 Å². The Morgan fingerprint density at radius 3 is 1.10 bits per heavy atom. The second-order valence-electron chi connectivity index (χ2n) is 11.8. The first-order valence-corrected chi connectivity index (χ1v) is 18.9. The summed E-state index contributed by atoms with van der Waals surface area (Å²) in [4.78, 5) is 12.6. The Hall–Kier alpha value is 0.0700. The van der Waals surface area contributed by atoms with Crippen molar-refractivity contribution in [3.05, 3.63) is 0 Å². The maximum Gasteiger partial charge on any atom is 0.472 e. The molecule has 0 aliphatic rings. The van der Waals surface area contributed by atoms with Crippen LogP contribution < -0.4 is 0 Å². The van der Waals surface area contributed by atoms with Crippen LogP contribution >= 0.6 is 7.82 Å². The lowest BCUT2D eigenvalue weighted by Gasteiger charge is -2.22. The van der Waals surface area contributed by atoms with Crippen molar-refractivity contribution in [2.45, 2.75) is 181 Å². The van der Waals surface area contributed by atoms with Gasteiger partial charge in [0.1, 0.15) is 0 Å². The molecule has 0 rings (SSSR count). The summed E-state index contributed by atoms with van der Waals surface area (Å²) in [5.41, 5.74) is 0.